The second-order valence-electron chi connectivity index (χ2n) is 4.58. The van der Waals surface area contributed by atoms with Crippen molar-refractivity contribution in [2.45, 2.75) is 19.8 Å². The molecule has 21 heavy (non-hydrogen) atoms. The summed E-state index contributed by atoms with van der Waals surface area (Å²) >= 11 is 5.96. The molecule has 0 aliphatic carbocycles. The van der Waals surface area contributed by atoms with E-state index in [0.717, 1.165) is 0 Å². The molecule has 0 atom stereocenters. The van der Waals surface area contributed by atoms with E-state index in [-0.39, 0.29) is 17.4 Å². The van der Waals surface area contributed by atoms with Gasteiger partial charge < -0.3 is 10.7 Å². The van der Waals surface area contributed by atoms with Gasteiger partial charge in [0.05, 0.1) is 16.9 Å². The monoisotopic (exact) mass is 306 g/mol. The number of nitrogens with one attached hydrogen (secondary N) is 2. The molecule has 0 radical (unpaired) electrons. The summed E-state index contributed by atoms with van der Waals surface area (Å²) in [6.07, 6.45) is 3.00. The number of halogens is 1. The van der Waals surface area contributed by atoms with Gasteiger partial charge in [-0.15, -0.1) is 0 Å². The largest absolute Gasteiger partial charge is 0.321 e. The smallest absolute Gasteiger partial charge is 0.277 e. The third-order valence-electron chi connectivity index (χ3n) is 2.68. The van der Waals surface area contributed by atoms with Crippen LogP contribution in [-0.2, 0) is 0 Å². The van der Waals surface area contributed by atoms with Gasteiger partial charge in [-0.1, -0.05) is 25.4 Å². The van der Waals surface area contributed by atoms with Crippen LogP contribution in [0.3, 0.4) is 0 Å². The lowest BCUT2D eigenvalue weighted by atomic mass is 10.2. The molecular weight excluding hydrogens is 292 g/mol. The number of hydrogen-bond donors (Lipinski definition) is 3. The van der Waals surface area contributed by atoms with Crippen LogP contribution >= 0.6 is 11.6 Å². The van der Waals surface area contributed by atoms with Crippen molar-refractivity contribution in [2.75, 3.05) is 10.7 Å². The maximum Gasteiger partial charge on any atom is 0.277 e. The molecule has 0 bridgehead atoms. The molecule has 0 aliphatic heterocycles. The average Bonchev–Trinajstić information content (AvgIpc) is 2.48. The molecule has 0 aliphatic rings. The third-order valence-corrected chi connectivity index (χ3v) is 2.99. The van der Waals surface area contributed by atoms with Gasteiger partial charge in [-0.25, -0.2) is 15.0 Å². The summed E-state index contributed by atoms with van der Waals surface area (Å²) in [4.78, 5) is 24.7. The van der Waals surface area contributed by atoms with E-state index in [1.807, 2.05) is 13.8 Å². The zero-order chi connectivity index (χ0) is 15.4. The molecular formula is C13H15ClN6O. The van der Waals surface area contributed by atoms with Crippen molar-refractivity contribution in [1.29, 1.82) is 0 Å². The Morgan fingerprint density at radius 2 is 2.14 bits per heavy atom. The molecule has 0 aromatic carbocycles. The first-order valence-corrected chi connectivity index (χ1v) is 6.66. The van der Waals surface area contributed by atoms with E-state index in [2.05, 4.69) is 25.7 Å². The number of hydrogen-bond acceptors (Lipinski definition) is 6. The SMILES string of the molecule is CC(C)c1ncc(NN)c(C(=O)Nc2ncccc2Cl)n1. The number of carbonyl (C=O) groups excluding carboxylic acids is 1. The highest BCUT2D eigenvalue weighted by Crippen LogP contribution is 2.20. The normalized spacial score (nSPS) is 10.5. The predicted octanol–water partition coefficient (Wildman–Crippen LogP) is 2.19. The van der Waals surface area contributed by atoms with Crippen LogP contribution < -0.4 is 16.6 Å². The minimum absolute atomic E-state index is 0.0850. The summed E-state index contributed by atoms with van der Waals surface area (Å²) in [6.45, 7) is 3.87. The molecule has 2 aromatic heterocycles. The summed E-state index contributed by atoms with van der Waals surface area (Å²) < 4.78 is 0. The van der Waals surface area contributed by atoms with Crippen molar-refractivity contribution in [2.24, 2.45) is 5.84 Å². The number of amides is 1. The first-order valence-electron chi connectivity index (χ1n) is 6.28. The van der Waals surface area contributed by atoms with Gasteiger partial charge >= 0.3 is 0 Å². The highest BCUT2D eigenvalue weighted by molar-refractivity contribution is 6.33. The number of hydrazine groups is 1. The van der Waals surface area contributed by atoms with Crippen LogP contribution in [0, 0.1) is 0 Å². The molecule has 1 amide bonds. The summed E-state index contributed by atoms with van der Waals surface area (Å²) in [7, 11) is 0. The first kappa shape index (κ1) is 15.1. The maximum absolute atomic E-state index is 12.3. The van der Waals surface area contributed by atoms with Gasteiger partial charge in [-0.2, -0.15) is 0 Å². The summed E-state index contributed by atoms with van der Waals surface area (Å²) in [5.74, 6) is 5.81. The van der Waals surface area contributed by atoms with E-state index in [1.165, 1.54) is 12.4 Å². The quantitative estimate of drug-likeness (QED) is 0.590. The Morgan fingerprint density at radius 1 is 1.38 bits per heavy atom. The van der Waals surface area contributed by atoms with E-state index in [9.17, 15) is 4.79 Å². The summed E-state index contributed by atoms with van der Waals surface area (Å²) in [6, 6.07) is 3.30. The van der Waals surface area contributed by atoms with Crippen molar-refractivity contribution in [3.8, 4) is 0 Å². The second kappa shape index (κ2) is 6.47. The molecule has 0 spiro atoms. The lowest BCUT2D eigenvalue weighted by Crippen LogP contribution is -2.21. The number of rotatable bonds is 4. The topological polar surface area (TPSA) is 106 Å². The number of anilines is 2. The van der Waals surface area contributed by atoms with Crippen molar-refractivity contribution in [3.63, 3.8) is 0 Å². The molecule has 4 N–H and O–H groups in total. The van der Waals surface area contributed by atoms with Gasteiger partial charge in [0, 0.05) is 12.1 Å². The van der Waals surface area contributed by atoms with Crippen LogP contribution in [0.25, 0.3) is 0 Å². The van der Waals surface area contributed by atoms with Gasteiger partial charge in [-0.05, 0) is 12.1 Å². The Bertz CT molecular complexity index is 661. The fraction of sp³-hybridized carbons (Fsp3) is 0.231. The number of nitrogens with zero attached hydrogens (tertiary/aromatic N) is 3. The van der Waals surface area contributed by atoms with Crippen LogP contribution in [0.15, 0.2) is 24.5 Å². The molecule has 110 valence electrons. The molecule has 0 saturated heterocycles. The van der Waals surface area contributed by atoms with E-state index >= 15 is 0 Å². The van der Waals surface area contributed by atoms with Gasteiger partial charge in [-0.3, -0.25) is 10.6 Å². The van der Waals surface area contributed by atoms with Crippen molar-refractivity contribution < 1.29 is 4.79 Å². The summed E-state index contributed by atoms with van der Waals surface area (Å²) in [5, 5.41) is 2.94. The Labute approximate surface area is 126 Å². The van der Waals surface area contributed by atoms with Crippen LogP contribution in [0.1, 0.15) is 36.1 Å². The predicted molar refractivity (Wildman–Crippen MR) is 81.1 cm³/mol. The Hall–Kier alpha value is -2.25. The number of carbonyl (C=O) groups is 1. The van der Waals surface area contributed by atoms with Gasteiger partial charge in [0.25, 0.3) is 5.91 Å². The number of aromatic nitrogens is 3. The van der Waals surface area contributed by atoms with Crippen molar-refractivity contribution in [1.82, 2.24) is 15.0 Å². The number of nitrogens with two attached hydrogens (primary N) is 1. The fourth-order valence-corrected chi connectivity index (χ4v) is 1.77. The standard InChI is InChI=1S/C13H15ClN6O/c1-7(2)11-17-6-9(20-15)10(18-11)13(21)19-12-8(14)4-3-5-16-12/h3-7,20H,15H2,1-2H3,(H,16,19,21). The zero-order valence-corrected chi connectivity index (χ0v) is 12.3. The molecule has 0 saturated carbocycles. The molecule has 7 nitrogen and oxygen atoms in total. The summed E-state index contributed by atoms with van der Waals surface area (Å²) in [5.41, 5.74) is 2.86. The highest BCUT2D eigenvalue weighted by atomic mass is 35.5. The highest BCUT2D eigenvalue weighted by Gasteiger charge is 2.17. The maximum atomic E-state index is 12.3. The van der Waals surface area contributed by atoms with E-state index < -0.39 is 5.91 Å². The number of nitrogen functional groups attached to an aromatic ring is 1. The lowest BCUT2D eigenvalue weighted by molar-refractivity contribution is 0.102. The van der Waals surface area contributed by atoms with E-state index in [0.29, 0.717) is 16.5 Å². The molecule has 2 rings (SSSR count). The molecule has 8 heteroatoms. The van der Waals surface area contributed by atoms with Crippen LogP contribution in [0.4, 0.5) is 11.5 Å². The minimum atomic E-state index is -0.465. The van der Waals surface area contributed by atoms with Gasteiger partial charge in [0.2, 0.25) is 0 Å². The van der Waals surface area contributed by atoms with E-state index in [4.69, 9.17) is 17.4 Å². The molecule has 0 unspecified atom stereocenters. The molecule has 2 heterocycles. The zero-order valence-electron chi connectivity index (χ0n) is 11.6. The average molecular weight is 307 g/mol. The lowest BCUT2D eigenvalue weighted by Gasteiger charge is -2.11. The Morgan fingerprint density at radius 3 is 2.76 bits per heavy atom. The first-order chi connectivity index (χ1) is 10.0. The fourth-order valence-electron chi connectivity index (χ4n) is 1.60. The second-order valence-corrected chi connectivity index (χ2v) is 4.98. The third kappa shape index (κ3) is 3.45. The van der Waals surface area contributed by atoms with Gasteiger partial charge in [0.1, 0.15) is 5.82 Å². The van der Waals surface area contributed by atoms with E-state index in [1.54, 1.807) is 12.1 Å². The Kier molecular flexibility index (Phi) is 4.66. The number of pyridine rings is 1. The van der Waals surface area contributed by atoms with Crippen LogP contribution in [0.5, 0.6) is 0 Å². The van der Waals surface area contributed by atoms with Crippen molar-refractivity contribution in [3.05, 3.63) is 41.1 Å². The molecule has 2 aromatic rings. The molecule has 0 fully saturated rings. The van der Waals surface area contributed by atoms with Gasteiger partial charge in [0.15, 0.2) is 11.5 Å². The minimum Gasteiger partial charge on any atom is -0.321 e. The van der Waals surface area contributed by atoms with Crippen LogP contribution in [0.2, 0.25) is 5.02 Å². The Balaban J connectivity index is 2.34. The van der Waals surface area contributed by atoms with Crippen molar-refractivity contribution >= 4 is 29.0 Å². The van der Waals surface area contributed by atoms with Crippen LogP contribution in [-0.4, -0.2) is 20.9 Å².